The summed E-state index contributed by atoms with van der Waals surface area (Å²) >= 11 is 6.33. The number of aromatic hydroxyl groups is 1. The van der Waals surface area contributed by atoms with E-state index in [1.807, 2.05) is 47.4 Å². The Balaban J connectivity index is 0.758. The SMILES string of the molecule is O=C1CCC(N2C(=O)c3cc(F)c(N4CC5CC4CN5CC4CCN(CCOc5ccc(C(=C(CCCl)c6ccccc6)c6ccc(O)cc6)cc5)CC4)cc3C2=O)C(=O)N1. The molecule has 13 heteroatoms. The monoisotopic (exact) mass is 845 g/mol. The molecular formula is C48H49ClFN5O6. The van der Waals surface area contributed by atoms with Crippen LogP contribution in [0.15, 0.2) is 91.0 Å². The number of carbonyl (C=O) groups is 4. The highest BCUT2D eigenvalue weighted by atomic mass is 35.5. The molecule has 4 aromatic carbocycles. The number of piperazine rings is 1. The van der Waals surface area contributed by atoms with Gasteiger partial charge in [0.05, 0.1) is 16.8 Å². The molecule has 316 valence electrons. The minimum atomic E-state index is -1.09. The fourth-order valence-corrected chi connectivity index (χ4v) is 10.2. The molecule has 0 saturated carbocycles. The van der Waals surface area contributed by atoms with Gasteiger partial charge in [0, 0.05) is 50.6 Å². The van der Waals surface area contributed by atoms with Crippen molar-refractivity contribution in [3.05, 3.63) is 125 Å². The molecule has 3 atom stereocenters. The third kappa shape index (κ3) is 8.28. The van der Waals surface area contributed by atoms with Gasteiger partial charge in [0.1, 0.15) is 30.0 Å². The fourth-order valence-electron chi connectivity index (χ4n) is 9.99. The molecule has 9 rings (SSSR count). The minimum absolute atomic E-state index is 0.0269. The number of anilines is 1. The molecule has 61 heavy (non-hydrogen) atoms. The van der Waals surface area contributed by atoms with Crippen LogP contribution >= 0.6 is 11.6 Å². The first-order valence-corrected chi connectivity index (χ1v) is 21.8. The van der Waals surface area contributed by atoms with Gasteiger partial charge in [-0.1, -0.05) is 54.6 Å². The first kappa shape index (κ1) is 40.8. The summed E-state index contributed by atoms with van der Waals surface area (Å²) in [5, 5.41) is 12.2. The average molecular weight is 846 g/mol. The van der Waals surface area contributed by atoms with Gasteiger partial charge in [0.25, 0.3) is 11.8 Å². The first-order valence-electron chi connectivity index (χ1n) is 21.3. The number of amides is 4. The van der Waals surface area contributed by atoms with E-state index in [0.29, 0.717) is 37.1 Å². The van der Waals surface area contributed by atoms with Crippen molar-refractivity contribution in [2.45, 2.75) is 56.7 Å². The molecule has 4 amide bonds. The number of hydrogen-bond donors (Lipinski definition) is 2. The van der Waals surface area contributed by atoms with Gasteiger partial charge in [0.2, 0.25) is 11.8 Å². The molecule has 0 radical (unpaired) electrons. The molecule has 4 aromatic rings. The van der Waals surface area contributed by atoms with Crippen molar-refractivity contribution in [2.75, 3.05) is 56.7 Å². The molecule has 5 heterocycles. The predicted octanol–water partition coefficient (Wildman–Crippen LogP) is 6.57. The number of rotatable bonds is 13. The van der Waals surface area contributed by atoms with E-state index in [4.69, 9.17) is 16.3 Å². The van der Waals surface area contributed by atoms with Crippen molar-refractivity contribution < 1.29 is 33.4 Å². The number of ether oxygens (including phenoxy) is 1. The number of imide groups is 2. The van der Waals surface area contributed by atoms with E-state index in [0.717, 1.165) is 96.5 Å². The highest BCUT2D eigenvalue weighted by Crippen LogP contribution is 2.40. The van der Waals surface area contributed by atoms with Crippen LogP contribution in [0.3, 0.4) is 0 Å². The molecule has 5 aliphatic rings. The van der Waals surface area contributed by atoms with Crippen LogP contribution in [-0.4, -0.2) is 113 Å². The number of benzene rings is 4. The lowest BCUT2D eigenvalue weighted by Crippen LogP contribution is -2.54. The molecule has 2 N–H and O–H groups in total. The second kappa shape index (κ2) is 17.4. The van der Waals surface area contributed by atoms with E-state index in [1.165, 1.54) is 6.07 Å². The average Bonchev–Trinajstić information content (AvgIpc) is 3.93. The predicted molar refractivity (Wildman–Crippen MR) is 231 cm³/mol. The van der Waals surface area contributed by atoms with Crippen LogP contribution in [0.1, 0.15) is 75.9 Å². The summed E-state index contributed by atoms with van der Waals surface area (Å²) in [6, 6.07) is 27.7. The summed E-state index contributed by atoms with van der Waals surface area (Å²) < 4.78 is 21.9. The Kier molecular flexibility index (Phi) is 11.7. The normalized spacial score (nSPS) is 22.5. The number of alkyl halides is 1. The molecule has 4 fully saturated rings. The zero-order chi connectivity index (χ0) is 42.2. The van der Waals surface area contributed by atoms with Crippen LogP contribution < -0.4 is 15.0 Å². The lowest BCUT2D eigenvalue weighted by Gasteiger charge is -2.39. The molecule has 0 spiro atoms. The van der Waals surface area contributed by atoms with Gasteiger partial charge in [-0.05, 0) is 115 Å². The van der Waals surface area contributed by atoms with Gasteiger partial charge in [-0.15, -0.1) is 11.6 Å². The number of nitrogens with zero attached hydrogens (tertiary/aromatic N) is 4. The fraction of sp³-hybridized carbons (Fsp3) is 0.375. The quantitative estimate of drug-likeness (QED) is 0.0874. The standard InChI is InChI=1S/C48H49ClFN5O6/c49-19-16-38(31-4-2-1-3-5-31)45(32-6-10-36(56)11-7-32)33-8-12-37(13-9-33)61-23-22-52-20-17-30(18-21-52)27-53-28-35-24-34(53)29-54(35)43-26-40-39(25-41(43)50)47(59)55(48(40)60)42-14-15-44(57)51-46(42)58/h1-13,25-26,30,34-35,42,56H,14-24,27-29H2,(H,51,57,58). The van der Waals surface area contributed by atoms with Gasteiger partial charge < -0.3 is 14.7 Å². The Morgan fingerprint density at radius 2 is 1.51 bits per heavy atom. The Hall–Kier alpha value is -5.56. The molecule has 3 unspecified atom stereocenters. The van der Waals surface area contributed by atoms with Crippen molar-refractivity contribution in [1.82, 2.24) is 20.0 Å². The topological polar surface area (TPSA) is 123 Å². The van der Waals surface area contributed by atoms with Crippen molar-refractivity contribution in [3.8, 4) is 11.5 Å². The molecule has 0 aromatic heterocycles. The van der Waals surface area contributed by atoms with Crippen LogP contribution in [0.4, 0.5) is 10.1 Å². The van der Waals surface area contributed by atoms with E-state index in [-0.39, 0.29) is 41.8 Å². The molecule has 11 nitrogen and oxygen atoms in total. The second-order valence-electron chi connectivity index (χ2n) is 16.8. The summed E-state index contributed by atoms with van der Waals surface area (Å²) in [6.45, 7) is 5.91. The third-order valence-electron chi connectivity index (χ3n) is 13.1. The maximum Gasteiger partial charge on any atom is 0.262 e. The van der Waals surface area contributed by atoms with Crippen LogP contribution in [-0.2, 0) is 9.59 Å². The van der Waals surface area contributed by atoms with E-state index >= 15 is 4.39 Å². The van der Waals surface area contributed by atoms with Crippen LogP contribution in [0.25, 0.3) is 11.1 Å². The zero-order valence-electron chi connectivity index (χ0n) is 33.9. The van der Waals surface area contributed by atoms with Crippen molar-refractivity contribution in [2.24, 2.45) is 5.92 Å². The van der Waals surface area contributed by atoms with Crippen LogP contribution in [0, 0.1) is 11.7 Å². The lowest BCUT2D eigenvalue weighted by atomic mass is 9.88. The number of halogens is 2. The number of fused-ring (bicyclic) bond motifs is 3. The summed E-state index contributed by atoms with van der Waals surface area (Å²) in [6.07, 6.45) is 3.89. The van der Waals surface area contributed by atoms with E-state index in [9.17, 15) is 24.3 Å². The Bertz CT molecular complexity index is 2350. The lowest BCUT2D eigenvalue weighted by molar-refractivity contribution is -0.136. The number of phenols is 1. The van der Waals surface area contributed by atoms with Crippen LogP contribution in [0.5, 0.6) is 11.5 Å². The van der Waals surface area contributed by atoms with Gasteiger partial charge in [-0.2, -0.15) is 0 Å². The smallest absolute Gasteiger partial charge is 0.262 e. The number of hydrogen-bond acceptors (Lipinski definition) is 9. The van der Waals surface area contributed by atoms with Crippen molar-refractivity contribution in [3.63, 3.8) is 0 Å². The number of piperidine rings is 2. The summed E-state index contributed by atoms with van der Waals surface area (Å²) in [5.41, 5.74) is 5.76. The Morgan fingerprint density at radius 1 is 0.820 bits per heavy atom. The van der Waals surface area contributed by atoms with Crippen molar-refractivity contribution >= 4 is 52.1 Å². The summed E-state index contributed by atoms with van der Waals surface area (Å²) in [4.78, 5) is 58.7. The maximum atomic E-state index is 15.6. The molecule has 0 aliphatic carbocycles. The maximum absolute atomic E-state index is 15.6. The number of likely N-dealkylation sites (tertiary alicyclic amines) is 2. The summed E-state index contributed by atoms with van der Waals surface area (Å²) in [7, 11) is 0. The molecule has 5 aliphatic heterocycles. The number of allylic oxidation sites excluding steroid dienone is 1. The number of carbonyl (C=O) groups excluding carboxylic acids is 4. The summed E-state index contributed by atoms with van der Waals surface area (Å²) in [5.74, 6) is -0.915. The van der Waals surface area contributed by atoms with E-state index < -0.39 is 35.5 Å². The second-order valence-corrected chi connectivity index (χ2v) is 17.2. The molecular weight excluding hydrogens is 797 g/mol. The Morgan fingerprint density at radius 3 is 2.16 bits per heavy atom. The Labute approximate surface area is 359 Å². The largest absolute Gasteiger partial charge is 0.508 e. The molecule has 2 bridgehead atoms. The minimum Gasteiger partial charge on any atom is -0.508 e. The number of nitrogens with one attached hydrogen (secondary N) is 1. The van der Waals surface area contributed by atoms with Crippen LogP contribution in [0.2, 0.25) is 0 Å². The highest BCUT2D eigenvalue weighted by Gasteiger charge is 2.48. The first-order chi connectivity index (χ1) is 29.6. The van der Waals surface area contributed by atoms with Gasteiger partial charge in [0.15, 0.2) is 0 Å². The molecule has 4 saturated heterocycles. The van der Waals surface area contributed by atoms with Gasteiger partial charge >= 0.3 is 0 Å². The zero-order valence-corrected chi connectivity index (χ0v) is 34.7. The highest BCUT2D eigenvalue weighted by molar-refractivity contribution is 6.24. The third-order valence-corrected chi connectivity index (χ3v) is 13.3. The van der Waals surface area contributed by atoms with Gasteiger partial charge in [-0.25, -0.2) is 4.39 Å². The van der Waals surface area contributed by atoms with Gasteiger partial charge in [-0.3, -0.25) is 39.2 Å². The van der Waals surface area contributed by atoms with E-state index in [2.05, 4.69) is 39.4 Å². The van der Waals surface area contributed by atoms with Crippen molar-refractivity contribution in [1.29, 1.82) is 0 Å². The van der Waals surface area contributed by atoms with E-state index in [1.54, 1.807) is 12.1 Å². The number of phenolic OH excluding ortho intramolecular Hbond substituents is 1.